The zero-order chi connectivity index (χ0) is 39.7. The van der Waals surface area contributed by atoms with Gasteiger partial charge in [-0.05, 0) is 62.1 Å². The van der Waals surface area contributed by atoms with E-state index in [0.717, 1.165) is 26.6 Å². The fourth-order valence-electron chi connectivity index (χ4n) is 7.51. The molecule has 54 heavy (non-hydrogen) atoms. The molecule has 5 N–H and O–H groups in total. The zero-order valence-electron chi connectivity index (χ0n) is 31.7. The Labute approximate surface area is 318 Å². The van der Waals surface area contributed by atoms with Crippen LogP contribution in [0.5, 0.6) is 0 Å². The fraction of sp³-hybridized carbons (Fsp3) is 0.600. The number of nitrogens with one attached hydrogen (secondary N) is 1. The molecule has 0 bridgehead atoms. The van der Waals surface area contributed by atoms with Crippen molar-refractivity contribution in [3.63, 3.8) is 0 Å². The minimum Gasteiger partial charge on any atom is -0.346 e. The average molecular weight is 774 g/mol. The van der Waals surface area contributed by atoms with E-state index >= 15 is 8.78 Å². The molecule has 2 aliphatic rings. The highest BCUT2D eigenvalue weighted by atomic mass is 32.2. The molecule has 4 atom stereocenters. The lowest BCUT2D eigenvalue weighted by molar-refractivity contribution is -0.211. The van der Waals surface area contributed by atoms with Crippen LogP contribution in [-0.4, -0.2) is 98.0 Å². The molecule has 0 aromatic heterocycles. The van der Waals surface area contributed by atoms with Gasteiger partial charge in [0.05, 0.1) is 30.3 Å². The second kappa shape index (κ2) is 18.8. The summed E-state index contributed by atoms with van der Waals surface area (Å²) in [5.41, 5.74) is 12.2. The highest BCUT2D eigenvalue weighted by molar-refractivity contribution is 7.88. The number of benzene rings is 2. The molecule has 14 heteroatoms. The van der Waals surface area contributed by atoms with Crippen LogP contribution in [0.2, 0.25) is 0 Å². The highest BCUT2D eigenvalue weighted by Crippen LogP contribution is 2.51. The van der Waals surface area contributed by atoms with Crippen molar-refractivity contribution in [1.82, 2.24) is 14.5 Å². The maximum absolute atomic E-state index is 15.6. The standard InChI is InChI=1S/C40H57F2N5O6S/c1-28(2)20-34(45-37(50)32(21-29-12-6-4-7-13-29)24-35(48)33(44)22-30-14-8-5-9-15-30)36(49)23-31(16-10-11-18-43)38(51)46-19-17-39(40(41,42)27-46)25-47(26-39)54(3,52)53/h4-9,12-15,28,31-34H,10-11,16-27,43-44H2,1-3H3,(H,45,50)/t31-,32-,33+,34+/m0/s1. The molecule has 2 heterocycles. The quantitative estimate of drug-likeness (QED) is 0.171. The summed E-state index contributed by atoms with van der Waals surface area (Å²) in [6.07, 6.45) is 2.69. The molecule has 11 nitrogen and oxygen atoms in total. The Balaban J connectivity index is 1.48. The molecule has 298 valence electrons. The van der Waals surface area contributed by atoms with E-state index < -0.39 is 69.4 Å². The third-order valence-electron chi connectivity index (χ3n) is 10.8. The van der Waals surface area contributed by atoms with Gasteiger partial charge in [-0.1, -0.05) is 80.9 Å². The van der Waals surface area contributed by atoms with Gasteiger partial charge in [-0.2, -0.15) is 0 Å². The van der Waals surface area contributed by atoms with E-state index in [1.165, 1.54) is 0 Å². The number of carbonyl (C=O) groups excluding carboxylic acids is 4. The molecular formula is C40H57F2N5O6S. The summed E-state index contributed by atoms with van der Waals surface area (Å²) in [4.78, 5) is 56.5. The summed E-state index contributed by atoms with van der Waals surface area (Å²) in [7, 11) is -3.61. The Morgan fingerprint density at radius 3 is 1.96 bits per heavy atom. The van der Waals surface area contributed by atoms with Crippen LogP contribution in [-0.2, 0) is 42.0 Å². The molecule has 2 saturated heterocycles. The number of unbranched alkanes of at least 4 members (excludes halogenated alkanes) is 1. The van der Waals surface area contributed by atoms with Gasteiger partial charge in [0.25, 0.3) is 5.92 Å². The van der Waals surface area contributed by atoms with Gasteiger partial charge in [-0.15, -0.1) is 0 Å². The number of carbonyl (C=O) groups is 4. The Morgan fingerprint density at radius 2 is 1.43 bits per heavy atom. The van der Waals surface area contributed by atoms with Gasteiger partial charge in [0, 0.05) is 44.3 Å². The molecule has 0 unspecified atom stereocenters. The van der Waals surface area contributed by atoms with Crippen LogP contribution in [0.3, 0.4) is 0 Å². The fourth-order valence-corrected chi connectivity index (χ4v) is 8.48. The molecule has 2 amide bonds. The summed E-state index contributed by atoms with van der Waals surface area (Å²) in [5, 5.41) is 2.91. The number of piperidine rings is 1. The second-order valence-electron chi connectivity index (χ2n) is 15.7. The van der Waals surface area contributed by atoms with E-state index in [2.05, 4.69) is 5.32 Å². The van der Waals surface area contributed by atoms with Crippen LogP contribution < -0.4 is 16.8 Å². The van der Waals surface area contributed by atoms with E-state index in [1.54, 1.807) is 0 Å². The van der Waals surface area contributed by atoms with Crippen LogP contribution in [0.15, 0.2) is 60.7 Å². The Hall–Kier alpha value is -3.59. The molecule has 0 saturated carbocycles. The third-order valence-corrected chi connectivity index (χ3v) is 12.0. The molecule has 2 fully saturated rings. The number of nitrogens with two attached hydrogens (primary N) is 2. The summed E-state index contributed by atoms with van der Waals surface area (Å²) >= 11 is 0. The minimum atomic E-state index is -3.61. The van der Waals surface area contributed by atoms with E-state index in [9.17, 15) is 27.6 Å². The first kappa shape index (κ1) is 43.1. The van der Waals surface area contributed by atoms with Crippen molar-refractivity contribution < 1.29 is 36.4 Å². The summed E-state index contributed by atoms with van der Waals surface area (Å²) in [6.45, 7) is 2.72. The predicted molar refractivity (Wildman–Crippen MR) is 204 cm³/mol. The van der Waals surface area contributed by atoms with Crippen LogP contribution in [0, 0.1) is 23.2 Å². The van der Waals surface area contributed by atoms with Gasteiger partial charge in [0.1, 0.15) is 0 Å². The maximum Gasteiger partial charge on any atom is 0.273 e. The lowest BCUT2D eigenvalue weighted by atomic mass is 9.70. The average Bonchev–Trinajstić information content (AvgIpc) is 3.09. The van der Waals surface area contributed by atoms with Crippen LogP contribution in [0.1, 0.15) is 69.9 Å². The summed E-state index contributed by atoms with van der Waals surface area (Å²) in [5.74, 6) is -6.79. The topological polar surface area (TPSA) is 173 Å². The number of Topliss-reactive ketones (excluding diaryl/α,β-unsaturated/α-hetero) is 2. The van der Waals surface area contributed by atoms with Gasteiger partial charge in [0.2, 0.25) is 21.8 Å². The molecule has 4 rings (SSSR count). The van der Waals surface area contributed by atoms with Crippen molar-refractivity contribution in [2.75, 3.05) is 39.0 Å². The number of ketones is 2. The monoisotopic (exact) mass is 773 g/mol. The lowest BCUT2D eigenvalue weighted by Gasteiger charge is -2.56. The van der Waals surface area contributed by atoms with Crippen molar-refractivity contribution in [3.05, 3.63) is 71.8 Å². The Morgan fingerprint density at radius 1 is 0.852 bits per heavy atom. The SMILES string of the molecule is CC(C)C[C@@H](NC(=O)[C@H](CC(=O)[C@H](N)Cc1ccccc1)Cc1ccccc1)C(=O)C[C@H](CCCCN)C(=O)N1CCC2(CN(S(C)(=O)=O)C2)C(F)(F)C1. The molecule has 2 aliphatic heterocycles. The first-order chi connectivity index (χ1) is 25.4. The van der Waals surface area contributed by atoms with Gasteiger partial charge >= 0.3 is 0 Å². The number of rotatable bonds is 20. The van der Waals surface area contributed by atoms with Gasteiger partial charge in [0.15, 0.2) is 11.6 Å². The van der Waals surface area contributed by atoms with Crippen LogP contribution >= 0.6 is 0 Å². The minimum absolute atomic E-state index is 0.0152. The summed E-state index contributed by atoms with van der Waals surface area (Å²) < 4.78 is 56.1. The molecule has 0 radical (unpaired) electrons. The van der Waals surface area contributed by atoms with Crippen molar-refractivity contribution in [3.8, 4) is 0 Å². The number of sulfonamides is 1. The number of halogens is 2. The second-order valence-corrected chi connectivity index (χ2v) is 17.7. The Kier molecular flexibility index (Phi) is 15.0. The van der Waals surface area contributed by atoms with E-state index in [-0.39, 0.29) is 69.9 Å². The maximum atomic E-state index is 15.6. The van der Waals surface area contributed by atoms with E-state index in [0.29, 0.717) is 25.8 Å². The van der Waals surface area contributed by atoms with Gasteiger partial charge < -0.3 is 21.7 Å². The number of likely N-dealkylation sites (tertiary alicyclic amines) is 1. The van der Waals surface area contributed by atoms with Crippen molar-refractivity contribution in [1.29, 1.82) is 0 Å². The molecule has 2 aromatic carbocycles. The number of amides is 2. The van der Waals surface area contributed by atoms with Gasteiger partial charge in [-0.3, -0.25) is 19.2 Å². The smallest absolute Gasteiger partial charge is 0.273 e. The predicted octanol–water partition coefficient (Wildman–Crippen LogP) is 3.74. The first-order valence-electron chi connectivity index (χ1n) is 19.0. The van der Waals surface area contributed by atoms with Gasteiger partial charge in [-0.25, -0.2) is 21.5 Å². The number of hydrogen-bond donors (Lipinski definition) is 3. The van der Waals surface area contributed by atoms with Crippen LogP contribution in [0.4, 0.5) is 8.78 Å². The number of hydrogen-bond acceptors (Lipinski definition) is 8. The summed E-state index contributed by atoms with van der Waals surface area (Å²) in [6, 6.07) is 16.8. The molecule has 0 aliphatic carbocycles. The van der Waals surface area contributed by atoms with Crippen molar-refractivity contribution in [2.24, 2.45) is 34.6 Å². The molecule has 1 spiro atoms. The zero-order valence-corrected chi connectivity index (χ0v) is 32.5. The lowest BCUT2D eigenvalue weighted by Crippen LogP contribution is -2.71. The van der Waals surface area contributed by atoms with Crippen molar-refractivity contribution in [2.45, 2.75) is 89.6 Å². The van der Waals surface area contributed by atoms with Crippen molar-refractivity contribution >= 4 is 33.4 Å². The largest absolute Gasteiger partial charge is 0.346 e. The third kappa shape index (κ3) is 11.5. The van der Waals surface area contributed by atoms with E-state index in [1.807, 2.05) is 74.5 Å². The number of alkyl halides is 2. The normalized spacial score (nSPS) is 19.1. The number of nitrogens with zero attached hydrogens (tertiary/aromatic N) is 2. The Bertz CT molecular complexity index is 1690. The highest BCUT2D eigenvalue weighted by Gasteiger charge is 2.64. The first-order valence-corrected chi connectivity index (χ1v) is 20.8. The van der Waals surface area contributed by atoms with E-state index in [4.69, 9.17) is 11.5 Å². The molecular weight excluding hydrogens is 717 g/mol. The molecule has 2 aromatic rings. The van der Waals surface area contributed by atoms with Crippen LogP contribution in [0.25, 0.3) is 0 Å².